The Labute approximate surface area is 189 Å². The molecule has 9 heteroatoms. The zero-order valence-electron chi connectivity index (χ0n) is 17.9. The van der Waals surface area contributed by atoms with Crippen LogP contribution in [0.25, 0.3) is 22.3 Å². The Kier molecular flexibility index (Phi) is 5.88. The fourth-order valence-electron chi connectivity index (χ4n) is 3.74. The van der Waals surface area contributed by atoms with Crippen LogP contribution in [0.3, 0.4) is 0 Å². The zero-order chi connectivity index (χ0) is 22.2. The maximum Gasteiger partial charge on any atom is 0.410 e. The number of piperidine rings is 1. The summed E-state index contributed by atoms with van der Waals surface area (Å²) < 4.78 is 7.93. The molecule has 3 aromatic rings. The van der Waals surface area contributed by atoms with Crippen molar-refractivity contribution in [3.63, 3.8) is 0 Å². The van der Waals surface area contributed by atoms with Gasteiger partial charge in [0.15, 0.2) is 0 Å². The van der Waals surface area contributed by atoms with Gasteiger partial charge in [0.1, 0.15) is 16.9 Å². The van der Waals surface area contributed by atoms with Crippen molar-refractivity contribution in [3.8, 4) is 17.0 Å². The summed E-state index contributed by atoms with van der Waals surface area (Å²) in [7, 11) is 0. The number of carbonyl (C=O) groups is 1. The molecule has 0 bridgehead atoms. The highest BCUT2D eigenvalue weighted by molar-refractivity contribution is 9.10. The minimum absolute atomic E-state index is 0.126. The second kappa shape index (κ2) is 8.45. The van der Waals surface area contributed by atoms with Crippen molar-refractivity contribution in [2.45, 2.75) is 45.8 Å². The van der Waals surface area contributed by atoms with E-state index in [1.54, 1.807) is 29.4 Å². The Morgan fingerprint density at radius 3 is 2.90 bits per heavy atom. The summed E-state index contributed by atoms with van der Waals surface area (Å²) in [6, 6.07) is 3.32. The van der Waals surface area contributed by atoms with Gasteiger partial charge in [-0.25, -0.2) is 9.78 Å². The molecule has 1 N–H and O–H groups in total. The average Bonchev–Trinajstić information content (AvgIpc) is 3.18. The number of halogens is 1. The van der Waals surface area contributed by atoms with Crippen LogP contribution in [-0.4, -0.2) is 54.5 Å². The Bertz CT molecular complexity index is 1110. The largest absolute Gasteiger partial charge is 0.507 e. The van der Waals surface area contributed by atoms with Crippen molar-refractivity contribution in [1.29, 1.82) is 0 Å². The fraction of sp³-hybridized carbons (Fsp3) is 0.455. The van der Waals surface area contributed by atoms with Crippen molar-refractivity contribution in [1.82, 2.24) is 24.6 Å². The number of fused-ring (bicyclic) bond motifs is 1. The molecule has 0 aliphatic carbocycles. The van der Waals surface area contributed by atoms with E-state index in [1.807, 2.05) is 31.6 Å². The molecular formula is C22H26BrN5O3. The molecule has 1 unspecified atom stereocenters. The monoisotopic (exact) mass is 487 g/mol. The van der Waals surface area contributed by atoms with Crippen LogP contribution in [0.5, 0.6) is 5.75 Å². The Hall–Kier alpha value is -2.68. The highest BCUT2D eigenvalue weighted by Gasteiger charge is 2.28. The Balaban J connectivity index is 1.46. The lowest BCUT2D eigenvalue weighted by Crippen LogP contribution is -2.43. The van der Waals surface area contributed by atoms with Crippen molar-refractivity contribution < 1.29 is 14.6 Å². The van der Waals surface area contributed by atoms with Gasteiger partial charge in [-0.15, -0.1) is 0 Å². The molecule has 1 fully saturated rings. The topological polar surface area (TPSA) is 93.4 Å². The van der Waals surface area contributed by atoms with Gasteiger partial charge in [0.2, 0.25) is 0 Å². The van der Waals surface area contributed by atoms with Crippen molar-refractivity contribution >= 4 is 33.1 Å². The van der Waals surface area contributed by atoms with Gasteiger partial charge in [-0.2, -0.15) is 5.10 Å². The molecule has 1 aliphatic heterocycles. The first-order chi connectivity index (χ1) is 14.7. The van der Waals surface area contributed by atoms with E-state index in [1.165, 1.54) is 0 Å². The number of phenols is 1. The molecular weight excluding hydrogens is 462 g/mol. The van der Waals surface area contributed by atoms with Gasteiger partial charge in [0, 0.05) is 31.4 Å². The molecule has 1 atom stereocenters. The van der Waals surface area contributed by atoms with Gasteiger partial charge in [0.05, 0.1) is 28.1 Å². The SMILES string of the molecule is CC(C)(C)OC(=O)N1CCCC(Cn2cc(-c3cnc4ccc(O)c(Br)c4n3)cn2)C1. The first-order valence-electron chi connectivity index (χ1n) is 10.3. The summed E-state index contributed by atoms with van der Waals surface area (Å²) in [6.45, 7) is 7.74. The van der Waals surface area contributed by atoms with Crippen LogP contribution < -0.4 is 0 Å². The van der Waals surface area contributed by atoms with Crippen molar-refractivity contribution in [2.75, 3.05) is 13.1 Å². The van der Waals surface area contributed by atoms with Gasteiger partial charge in [-0.3, -0.25) is 9.67 Å². The first-order valence-corrected chi connectivity index (χ1v) is 11.1. The normalized spacial score (nSPS) is 17.2. The molecule has 8 nitrogen and oxygen atoms in total. The summed E-state index contributed by atoms with van der Waals surface area (Å²) >= 11 is 3.38. The van der Waals surface area contributed by atoms with E-state index in [-0.39, 0.29) is 11.8 Å². The number of phenolic OH excluding ortho intramolecular Hbond substituents is 1. The Morgan fingerprint density at radius 1 is 1.32 bits per heavy atom. The third kappa shape index (κ3) is 4.98. The summed E-state index contributed by atoms with van der Waals surface area (Å²) in [5.74, 6) is 0.435. The molecule has 4 rings (SSSR count). The number of aromatic hydroxyl groups is 1. The molecule has 164 valence electrons. The van der Waals surface area contributed by atoms with Gasteiger partial charge in [-0.1, -0.05) is 0 Å². The predicted molar refractivity (Wildman–Crippen MR) is 121 cm³/mol. The summed E-state index contributed by atoms with van der Waals surface area (Å²) in [6.07, 6.45) is 7.15. The average molecular weight is 488 g/mol. The molecule has 1 aliphatic rings. The van der Waals surface area contributed by atoms with Gasteiger partial charge < -0.3 is 14.7 Å². The van der Waals surface area contributed by atoms with Gasteiger partial charge in [0.25, 0.3) is 0 Å². The van der Waals surface area contributed by atoms with E-state index in [0.717, 1.165) is 24.9 Å². The number of benzene rings is 1. The third-order valence-electron chi connectivity index (χ3n) is 5.18. The van der Waals surface area contributed by atoms with E-state index in [9.17, 15) is 9.90 Å². The van der Waals surface area contributed by atoms with Crippen LogP contribution in [0.4, 0.5) is 4.79 Å². The molecule has 1 saturated heterocycles. The number of ether oxygens (including phenoxy) is 1. The molecule has 2 aromatic heterocycles. The maximum atomic E-state index is 12.4. The van der Waals surface area contributed by atoms with Crippen molar-refractivity contribution in [3.05, 3.63) is 35.2 Å². The van der Waals surface area contributed by atoms with E-state index in [0.29, 0.717) is 40.2 Å². The predicted octanol–water partition coefficient (Wildman–Crippen LogP) is 4.61. The van der Waals surface area contributed by atoms with E-state index >= 15 is 0 Å². The summed E-state index contributed by atoms with van der Waals surface area (Å²) in [4.78, 5) is 23.3. The lowest BCUT2D eigenvalue weighted by atomic mass is 9.98. The number of hydrogen-bond acceptors (Lipinski definition) is 6. The third-order valence-corrected chi connectivity index (χ3v) is 5.96. The smallest absolute Gasteiger partial charge is 0.410 e. The van der Waals surface area contributed by atoms with E-state index < -0.39 is 5.60 Å². The molecule has 31 heavy (non-hydrogen) atoms. The van der Waals surface area contributed by atoms with Crippen LogP contribution >= 0.6 is 15.9 Å². The molecule has 1 aromatic carbocycles. The number of amides is 1. The molecule has 0 saturated carbocycles. The number of carbonyl (C=O) groups excluding carboxylic acids is 1. The number of aromatic nitrogens is 4. The lowest BCUT2D eigenvalue weighted by molar-refractivity contribution is 0.0155. The van der Waals surface area contributed by atoms with Crippen LogP contribution in [0.15, 0.2) is 35.2 Å². The van der Waals surface area contributed by atoms with Crippen LogP contribution in [0, 0.1) is 5.92 Å². The molecule has 0 spiro atoms. The van der Waals surface area contributed by atoms with Crippen LogP contribution in [-0.2, 0) is 11.3 Å². The molecule has 3 heterocycles. The second-order valence-electron chi connectivity index (χ2n) is 8.91. The summed E-state index contributed by atoms with van der Waals surface area (Å²) in [5.41, 5.74) is 2.34. The fourth-order valence-corrected chi connectivity index (χ4v) is 4.16. The van der Waals surface area contributed by atoms with Gasteiger partial charge in [-0.05, 0) is 67.6 Å². The van der Waals surface area contributed by atoms with Crippen molar-refractivity contribution in [2.24, 2.45) is 5.92 Å². The van der Waals surface area contributed by atoms with Crippen LogP contribution in [0.2, 0.25) is 0 Å². The number of likely N-dealkylation sites (tertiary alicyclic amines) is 1. The second-order valence-corrected chi connectivity index (χ2v) is 9.70. The standard InChI is InChI=1S/C22H26BrN5O3/c1-22(2,3)31-21(30)27-8-4-5-14(11-27)12-28-13-15(9-25-28)17-10-24-16-6-7-18(29)19(23)20(16)26-17/h6-7,9-10,13-14,29H,4-5,8,11-12H2,1-3H3. The highest BCUT2D eigenvalue weighted by Crippen LogP contribution is 2.31. The Morgan fingerprint density at radius 2 is 2.13 bits per heavy atom. The number of nitrogens with zero attached hydrogens (tertiary/aromatic N) is 5. The van der Waals surface area contributed by atoms with E-state index in [2.05, 4.69) is 31.0 Å². The molecule has 1 amide bonds. The maximum absolute atomic E-state index is 12.4. The minimum Gasteiger partial charge on any atom is -0.507 e. The zero-order valence-corrected chi connectivity index (χ0v) is 19.5. The quantitative estimate of drug-likeness (QED) is 0.579. The summed E-state index contributed by atoms with van der Waals surface area (Å²) in [5, 5.41) is 14.4. The highest BCUT2D eigenvalue weighted by atomic mass is 79.9. The van der Waals surface area contributed by atoms with E-state index in [4.69, 9.17) is 4.74 Å². The number of hydrogen-bond donors (Lipinski definition) is 1. The molecule has 0 radical (unpaired) electrons. The number of rotatable bonds is 3. The minimum atomic E-state index is -0.492. The van der Waals surface area contributed by atoms with Gasteiger partial charge >= 0.3 is 6.09 Å². The lowest BCUT2D eigenvalue weighted by Gasteiger charge is -2.34. The first kappa shape index (κ1) is 21.5. The van der Waals surface area contributed by atoms with Crippen LogP contribution in [0.1, 0.15) is 33.6 Å².